The maximum Gasteiger partial charge on any atom is 0.257 e. The Kier molecular flexibility index (Phi) is 5.66. The quantitative estimate of drug-likeness (QED) is 0.842. The summed E-state index contributed by atoms with van der Waals surface area (Å²) in [6, 6.07) is 10.6. The predicted molar refractivity (Wildman–Crippen MR) is 100 cm³/mol. The molecule has 5 nitrogen and oxygen atoms in total. The van der Waals surface area contributed by atoms with Crippen LogP contribution in [0.4, 0.5) is 0 Å². The summed E-state index contributed by atoms with van der Waals surface area (Å²) in [6.45, 7) is 8.39. The van der Waals surface area contributed by atoms with Crippen molar-refractivity contribution in [1.82, 2.24) is 19.6 Å². The highest BCUT2D eigenvalue weighted by molar-refractivity contribution is 5.93. The first-order chi connectivity index (χ1) is 12.1. The van der Waals surface area contributed by atoms with E-state index in [1.807, 2.05) is 34.0 Å². The van der Waals surface area contributed by atoms with Crippen molar-refractivity contribution in [3.05, 3.63) is 59.9 Å². The summed E-state index contributed by atoms with van der Waals surface area (Å²) in [5.41, 5.74) is 1.91. The van der Waals surface area contributed by atoms with Crippen molar-refractivity contribution in [2.75, 3.05) is 32.7 Å². The maximum absolute atomic E-state index is 12.6. The van der Waals surface area contributed by atoms with Gasteiger partial charge in [0, 0.05) is 45.0 Å². The SMILES string of the molecule is CC(C)n1cc(C(=O)N2CCN(CC=Cc3ccccc3)CC2)cn1. The third-order valence-corrected chi connectivity index (χ3v) is 4.51. The van der Waals surface area contributed by atoms with E-state index in [0.29, 0.717) is 5.56 Å². The molecule has 0 unspecified atom stereocenters. The Hall–Kier alpha value is -2.40. The fourth-order valence-corrected chi connectivity index (χ4v) is 2.95. The van der Waals surface area contributed by atoms with Crippen LogP contribution in [0.3, 0.4) is 0 Å². The van der Waals surface area contributed by atoms with Crippen molar-refractivity contribution < 1.29 is 4.79 Å². The summed E-state index contributed by atoms with van der Waals surface area (Å²) >= 11 is 0. The molecule has 1 aliphatic heterocycles. The summed E-state index contributed by atoms with van der Waals surface area (Å²) in [6.07, 6.45) is 7.87. The smallest absolute Gasteiger partial charge is 0.257 e. The lowest BCUT2D eigenvalue weighted by Gasteiger charge is -2.34. The van der Waals surface area contributed by atoms with Crippen LogP contribution in [-0.2, 0) is 0 Å². The molecule has 0 radical (unpaired) electrons. The second-order valence-electron chi connectivity index (χ2n) is 6.71. The number of aromatic nitrogens is 2. The van der Waals surface area contributed by atoms with E-state index in [1.165, 1.54) is 5.56 Å². The molecule has 1 aromatic heterocycles. The molecule has 0 aliphatic carbocycles. The summed E-state index contributed by atoms with van der Waals surface area (Å²) in [5.74, 6) is 0.0892. The van der Waals surface area contributed by atoms with Gasteiger partial charge in [-0.05, 0) is 19.4 Å². The Morgan fingerprint density at radius 2 is 1.88 bits per heavy atom. The Morgan fingerprint density at radius 1 is 1.16 bits per heavy atom. The van der Waals surface area contributed by atoms with Crippen LogP contribution >= 0.6 is 0 Å². The molecule has 2 aromatic rings. The Balaban J connectivity index is 1.48. The van der Waals surface area contributed by atoms with Gasteiger partial charge in [0.25, 0.3) is 5.91 Å². The van der Waals surface area contributed by atoms with Gasteiger partial charge in [-0.15, -0.1) is 0 Å². The van der Waals surface area contributed by atoms with Crippen LogP contribution in [-0.4, -0.2) is 58.2 Å². The predicted octanol–water partition coefficient (Wildman–Crippen LogP) is 2.94. The molecule has 2 heterocycles. The van der Waals surface area contributed by atoms with E-state index in [4.69, 9.17) is 0 Å². The fourth-order valence-electron chi connectivity index (χ4n) is 2.95. The Labute approximate surface area is 149 Å². The van der Waals surface area contributed by atoms with Crippen LogP contribution in [0.25, 0.3) is 6.08 Å². The van der Waals surface area contributed by atoms with Crippen molar-refractivity contribution in [3.8, 4) is 0 Å². The zero-order chi connectivity index (χ0) is 17.6. The first kappa shape index (κ1) is 17.4. The first-order valence-corrected chi connectivity index (χ1v) is 8.91. The minimum Gasteiger partial charge on any atom is -0.336 e. The molecule has 0 atom stereocenters. The van der Waals surface area contributed by atoms with Crippen molar-refractivity contribution in [3.63, 3.8) is 0 Å². The summed E-state index contributed by atoms with van der Waals surface area (Å²) in [5, 5.41) is 4.27. The minimum absolute atomic E-state index is 0.0892. The molecule has 0 spiro atoms. The normalized spacial score (nSPS) is 16.0. The third-order valence-electron chi connectivity index (χ3n) is 4.51. The molecular weight excluding hydrogens is 312 g/mol. The van der Waals surface area contributed by atoms with E-state index in [0.717, 1.165) is 32.7 Å². The highest BCUT2D eigenvalue weighted by atomic mass is 16.2. The lowest BCUT2D eigenvalue weighted by atomic mass is 10.2. The van der Waals surface area contributed by atoms with Gasteiger partial charge in [-0.1, -0.05) is 42.5 Å². The highest BCUT2D eigenvalue weighted by Gasteiger charge is 2.22. The van der Waals surface area contributed by atoms with Gasteiger partial charge in [-0.2, -0.15) is 5.10 Å². The van der Waals surface area contributed by atoms with Crippen LogP contribution in [0.15, 0.2) is 48.8 Å². The number of benzene rings is 1. The Morgan fingerprint density at radius 3 is 2.52 bits per heavy atom. The lowest BCUT2D eigenvalue weighted by molar-refractivity contribution is 0.0650. The van der Waals surface area contributed by atoms with Gasteiger partial charge in [0.2, 0.25) is 0 Å². The number of carbonyl (C=O) groups is 1. The van der Waals surface area contributed by atoms with Crippen LogP contribution in [0.2, 0.25) is 0 Å². The number of hydrogen-bond donors (Lipinski definition) is 0. The van der Waals surface area contributed by atoms with Gasteiger partial charge in [0.1, 0.15) is 0 Å². The summed E-state index contributed by atoms with van der Waals surface area (Å²) in [4.78, 5) is 16.9. The molecule has 0 saturated carbocycles. The van der Waals surface area contributed by atoms with Crippen molar-refractivity contribution in [2.45, 2.75) is 19.9 Å². The molecule has 1 amide bonds. The standard InChI is InChI=1S/C20H26N4O/c1-17(2)24-16-19(15-21-24)20(25)23-13-11-22(12-14-23)10-6-9-18-7-4-3-5-8-18/h3-9,15-17H,10-14H2,1-2H3. The molecule has 5 heteroatoms. The topological polar surface area (TPSA) is 41.4 Å². The van der Waals surface area contributed by atoms with Crippen LogP contribution in [0.5, 0.6) is 0 Å². The van der Waals surface area contributed by atoms with Gasteiger partial charge in [0.15, 0.2) is 0 Å². The number of amides is 1. The molecule has 25 heavy (non-hydrogen) atoms. The molecule has 1 aliphatic rings. The largest absolute Gasteiger partial charge is 0.336 e. The monoisotopic (exact) mass is 338 g/mol. The molecule has 0 N–H and O–H groups in total. The average molecular weight is 338 g/mol. The molecule has 1 saturated heterocycles. The minimum atomic E-state index is 0.0892. The second-order valence-corrected chi connectivity index (χ2v) is 6.71. The second kappa shape index (κ2) is 8.12. The zero-order valence-electron chi connectivity index (χ0n) is 15.0. The van der Waals surface area contributed by atoms with Crippen LogP contribution in [0, 0.1) is 0 Å². The zero-order valence-corrected chi connectivity index (χ0v) is 15.0. The number of nitrogens with zero attached hydrogens (tertiary/aromatic N) is 4. The van der Waals surface area contributed by atoms with E-state index >= 15 is 0 Å². The maximum atomic E-state index is 12.6. The van der Waals surface area contributed by atoms with Gasteiger partial charge >= 0.3 is 0 Å². The third kappa shape index (κ3) is 4.57. The summed E-state index contributed by atoms with van der Waals surface area (Å²) < 4.78 is 1.83. The van der Waals surface area contributed by atoms with Gasteiger partial charge in [0.05, 0.1) is 11.8 Å². The van der Waals surface area contributed by atoms with Crippen molar-refractivity contribution in [2.24, 2.45) is 0 Å². The van der Waals surface area contributed by atoms with E-state index in [-0.39, 0.29) is 11.9 Å². The van der Waals surface area contributed by atoms with E-state index < -0.39 is 0 Å². The van der Waals surface area contributed by atoms with Gasteiger partial charge in [-0.3, -0.25) is 14.4 Å². The van der Waals surface area contributed by atoms with E-state index in [1.54, 1.807) is 6.20 Å². The number of rotatable bonds is 5. The van der Waals surface area contributed by atoms with Crippen LogP contribution in [0.1, 0.15) is 35.8 Å². The molecule has 1 aromatic carbocycles. The molecule has 1 fully saturated rings. The molecule has 132 valence electrons. The van der Waals surface area contributed by atoms with E-state index in [9.17, 15) is 4.79 Å². The van der Waals surface area contributed by atoms with Crippen molar-refractivity contribution >= 4 is 12.0 Å². The Bertz CT molecular complexity index is 712. The average Bonchev–Trinajstić information content (AvgIpc) is 3.13. The highest BCUT2D eigenvalue weighted by Crippen LogP contribution is 2.11. The van der Waals surface area contributed by atoms with E-state index in [2.05, 4.69) is 48.1 Å². The first-order valence-electron chi connectivity index (χ1n) is 8.91. The fraction of sp³-hybridized carbons (Fsp3) is 0.400. The number of hydrogen-bond acceptors (Lipinski definition) is 3. The van der Waals surface area contributed by atoms with Gasteiger partial charge < -0.3 is 4.90 Å². The molecular formula is C20H26N4O. The van der Waals surface area contributed by atoms with Crippen LogP contribution < -0.4 is 0 Å². The lowest BCUT2D eigenvalue weighted by Crippen LogP contribution is -2.48. The number of piperazine rings is 1. The summed E-state index contributed by atoms with van der Waals surface area (Å²) in [7, 11) is 0. The van der Waals surface area contributed by atoms with Gasteiger partial charge in [-0.25, -0.2) is 0 Å². The number of carbonyl (C=O) groups excluding carboxylic acids is 1. The molecule has 0 bridgehead atoms. The van der Waals surface area contributed by atoms with Crippen molar-refractivity contribution in [1.29, 1.82) is 0 Å². The molecule has 3 rings (SSSR count).